The van der Waals surface area contributed by atoms with Crippen LogP contribution in [0.1, 0.15) is 4.88 Å². The Morgan fingerprint density at radius 2 is 2.25 bits per heavy atom. The SMILES string of the molecule is Nc1cc(NCCc2ccc(Br)s2)ccn1. The van der Waals surface area contributed by atoms with Crippen LogP contribution in [0.5, 0.6) is 0 Å². The van der Waals surface area contributed by atoms with Gasteiger partial charge in [0.15, 0.2) is 0 Å². The lowest BCUT2D eigenvalue weighted by molar-refractivity contribution is 1.04. The number of nitrogens with zero attached hydrogens (tertiary/aromatic N) is 1. The van der Waals surface area contributed by atoms with Crippen LogP contribution in [0.15, 0.2) is 34.2 Å². The van der Waals surface area contributed by atoms with Crippen molar-refractivity contribution in [3.8, 4) is 0 Å². The maximum Gasteiger partial charge on any atom is 0.125 e. The molecule has 0 aliphatic rings. The van der Waals surface area contributed by atoms with Crippen molar-refractivity contribution in [2.24, 2.45) is 0 Å². The lowest BCUT2D eigenvalue weighted by Crippen LogP contribution is -2.04. The maximum atomic E-state index is 5.59. The number of nitrogens with one attached hydrogen (secondary N) is 1. The molecule has 0 saturated carbocycles. The molecule has 0 atom stereocenters. The lowest BCUT2D eigenvalue weighted by atomic mass is 10.3. The van der Waals surface area contributed by atoms with Gasteiger partial charge in [-0.05, 0) is 40.5 Å². The highest BCUT2D eigenvalue weighted by atomic mass is 79.9. The predicted molar refractivity (Wildman–Crippen MR) is 72.9 cm³/mol. The fourth-order valence-corrected chi connectivity index (χ4v) is 2.86. The van der Waals surface area contributed by atoms with E-state index in [-0.39, 0.29) is 0 Å². The molecule has 0 spiro atoms. The van der Waals surface area contributed by atoms with E-state index in [9.17, 15) is 0 Å². The zero-order valence-corrected chi connectivity index (χ0v) is 11.0. The van der Waals surface area contributed by atoms with E-state index in [4.69, 9.17) is 5.73 Å². The van der Waals surface area contributed by atoms with Crippen LogP contribution in [0.2, 0.25) is 0 Å². The summed E-state index contributed by atoms with van der Waals surface area (Å²) in [5.41, 5.74) is 6.61. The Balaban J connectivity index is 1.84. The zero-order valence-electron chi connectivity index (χ0n) is 8.61. The molecular formula is C11H12BrN3S. The fourth-order valence-electron chi connectivity index (χ4n) is 1.37. The largest absolute Gasteiger partial charge is 0.385 e. The summed E-state index contributed by atoms with van der Waals surface area (Å²) in [5.74, 6) is 0.545. The van der Waals surface area contributed by atoms with Gasteiger partial charge in [-0.3, -0.25) is 0 Å². The summed E-state index contributed by atoms with van der Waals surface area (Å²) in [6, 6.07) is 7.97. The first-order valence-corrected chi connectivity index (χ1v) is 6.54. The summed E-state index contributed by atoms with van der Waals surface area (Å²) in [6.07, 6.45) is 2.72. The number of hydrogen-bond donors (Lipinski definition) is 2. The number of anilines is 2. The van der Waals surface area contributed by atoms with Gasteiger partial charge in [0, 0.05) is 29.4 Å². The molecule has 3 N–H and O–H groups in total. The molecule has 84 valence electrons. The van der Waals surface area contributed by atoms with Crippen molar-refractivity contribution in [2.75, 3.05) is 17.6 Å². The molecule has 2 heterocycles. The molecular weight excluding hydrogens is 286 g/mol. The Morgan fingerprint density at radius 3 is 2.94 bits per heavy atom. The van der Waals surface area contributed by atoms with Gasteiger partial charge in [0.05, 0.1) is 3.79 Å². The molecule has 2 aromatic heterocycles. The normalized spacial score (nSPS) is 10.3. The van der Waals surface area contributed by atoms with Crippen molar-refractivity contribution in [3.63, 3.8) is 0 Å². The molecule has 2 aromatic rings. The standard InChI is InChI=1S/C11H12BrN3S/c12-10-2-1-9(16-10)4-6-14-8-3-5-15-11(13)7-8/h1-3,5,7H,4,6H2,(H3,13,14,15). The van der Waals surface area contributed by atoms with Gasteiger partial charge in [-0.25, -0.2) is 4.98 Å². The third-order valence-corrected chi connectivity index (χ3v) is 3.79. The van der Waals surface area contributed by atoms with Crippen LogP contribution in [0.4, 0.5) is 11.5 Å². The van der Waals surface area contributed by atoms with E-state index in [0.717, 1.165) is 18.7 Å². The first-order chi connectivity index (χ1) is 7.74. The number of hydrogen-bond acceptors (Lipinski definition) is 4. The van der Waals surface area contributed by atoms with Crippen LogP contribution in [0.25, 0.3) is 0 Å². The number of aromatic nitrogens is 1. The van der Waals surface area contributed by atoms with E-state index in [0.29, 0.717) is 5.82 Å². The first-order valence-electron chi connectivity index (χ1n) is 4.93. The molecule has 0 aromatic carbocycles. The number of halogens is 1. The van der Waals surface area contributed by atoms with Crippen molar-refractivity contribution < 1.29 is 0 Å². The number of nitrogen functional groups attached to an aromatic ring is 1. The molecule has 0 saturated heterocycles. The highest BCUT2D eigenvalue weighted by molar-refractivity contribution is 9.11. The number of nitrogens with two attached hydrogens (primary N) is 1. The van der Waals surface area contributed by atoms with Gasteiger partial charge in [0.1, 0.15) is 5.82 Å². The van der Waals surface area contributed by atoms with Crippen LogP contribution in [-0.2, 0) is 6.42 Å². The van der Waals surface area contributed by atoms with Crippen LogP contribution in [-0.4, -0.2) is 11.5 Å². The minimum absolute atomic E-state index is 0.545. The van der Waals surface area contributed by atoms with Crippen molar-refractivity contribution >= 4 is 38.8 Å². The molecule has 0 radical (unpaired) electrons. The second-order valence-electron chi connectivity index (χ2n) is 3.35. The Labute approximate surface area is 107 Å². The van der Waals surface area contributed by atoms with Crippen LogP contribution in [0.3, 0.4) is 0 Å². The van der Waals surface area contributed by atoms with Gasteiger partial charge in [0.25, 0.3) is 0 Å². The highest BCUT2D eigenvalue weighted by Gasteiger charge is 1.98. The summed E-state index contributed by atoms with van der Waals surface area (Å²) < 4.78 is 1.18. The summed E-state index contributed by atoms with van der Waals surface area (Å²) in [5, 5.41) is 3.31. The summed E-state index contributed by atoms with van der Waals surface area (Å²) in [4.78, 5) is 5.31. The molecule has 16 heavy (non-hydrogen) atoms. The predicted octanol–water partition coefficient (Wildman–Crippen LogP) is 3.14. The first kappa shape index (κ1) is 11.4. The molecule has 0 fully saturated rings. The third kappa shape index (κ3) is 3.21. The van der Waals surface area contributed by atoms with Crippen molar-refractivity contribution in [1.82, 2.24) is 4.98 Å². The second-order valence-corrected chi connectivity index (χ2v) is 5.90. The zero-order chi connectivity index (χ0) is 11.4. The van der Waals surface area contributed by atoms with Crippen LogP contribution >= 0.6 is 27.3 Å². The van der Waals surface area contributed by atoms with Gasteiger partial charge in [-0.1, -0.05) is 0 Å². The summed E-state index contributed by atoms with van der Waals surface area (Å²) >= 11 is 5.22. The van der Waals surface area contributed by atoms with Crippen molar-refractivity contribution in [3.05, 3.63) is 39.1 Å². The van der Waals surface area contributed by atoms with E-state index in [1.807, 2.05) is 12.1 Å². The van der Waals surface area contributed by atoms with Crippen LogP contribution in [0, 0.1) is 0 Å². The molecule has 3 nitrogen and oxygen atoms in total. The molecule has 0 aliphatic carbocycles. The maximum absolute atomic E-state index is 5.59. The minimum atomic E-state index is 0.545. The van der Waals surface area contributed by atoms with Crippen molar-refractivity contribution in [1.29, 1.82) is 0 Å². The second kappa shape index (κ2) is 5.32. The molecule has 0 bridgehead atoms. The van der Waals surface area contributed by atoms with E-state index >= 15 is 0 Å². The van der Waals surface area contributed by atoms with Gasteiger partial charge in [-0.15, -0.1) is 11.3 Å². The number of pyridine rings is 1. The molecule has 0 amide bonds. The Kier molecular flexibility index (Phi) is 3.79. The van der Waals surface area contributed by atoms with Gasteiger partial charge in [0.2, 0.25) is 0 Å². The average molecular weight is 298 g/mol. The number of rotatable bonds is 4. The Hall–Kier alpha value is -1.07. The molecule has 0 unspecified atom stereocenters. The van der Waals surface area contributed by atoms with Crippen molar-refractivity contribution in [2.45, 2.75) is 6.42 Å². The Bertz CT molecular complexity index is 470. The van der Waals surface area contributed by atoms with E-state index in [1.54, 1.807) is 17.5 Å². The molecule has 5 heteroatoms. The van der Waals surface area contributed by atoms with Gasteiger partial charge in [-0.2, -0.15) is 0 Å². The van der Waals surface area contributed by atoms with E-state index in [1.165, 1.54) is 8.66 Å². The summed E-state index contributed by atoms with van der Waals surface area (Å²) in [7, 11) is 0. The number of thiophene rings is 1. The Morgan fingerprint density at radius 1 is 1.38 bits per heavy atom. The van der Waals surface area contributed by atoms with Crippen LogP contribution < -0.4 is 11.1 Å². The van der Waals surface area contributed by atoms with Gasteiger partial charge >= 0.3 is 0 Å². The minimum Gasteiger partial charge on any atom is -0.385 e. The van der Waals surface area contributed by atoms with Gasteiger partial charge < -0.3 is 11.1 Å². The van der Waals surface area contributed by atoms with E-state index in [2.05, 4.69) is 38.4 Å². The smallest absolute Gasteiger partial charge is 0.125 e. The molecule has 2 rings (SSSR count). The quantitative estimate of drug-likeness (QED) is 0.911. The average Bonchev–Trinajstić information content (AvgIpc) is 2.64. The highest BCUT2D eigenvalue weighted by Crippen LogP contribution is 2.22. The lowest BCUT2D eigenvalue weighted by Gasteiger charge is -2.05. The van der Waals surface area contributed by atoms with E-state index < -0.39 is 0 Å². The molecule has 0 aliphatic heterocycles. The fraction of sp³-hybridized carbons (Fsp3) is 0.182. The topological polar surface area (TPSA) is 50.9 Å². The monoisotopic (exact) mass is 297 g/mol. The summed E-state index contributed by atoms with van der Waals surface area (Å²) in [6.45, 7) is 0.899. The third-order valence-electron chi connectivity index (χ3n) is 2.11.